The summed E-state index contributed by atoms with van der Waals surface area (Å²) in [6.07, 6.45) is 1.78. The highest BCUT2D eigenvalue weighted by molar-refractivity contribution is 7.78. The molecule has 10 heteroatoms. The van der Waals surface area contributed by atoms with Gasteiger partial charge in [-0.05, 0) is 11.6 Å². The van der Waals surface area contributed by atoms with Crippen LogP contribution in [0.5, 0.6) is 0 Å². The maximum absolute atomic E-state index is 12.7. The van der Waals surface area contributed by atoms with Crippen molar-refractivity contribution in [1.82, 2.24) is 9.78 Å². The SMILES string of the molecule is Cn1[nH]cc(C(=O)c2ccc(CS(=O)O)c(C3=NOCC3)c2Cl)c1=O. The van der Waals surface area contributed by atoms with Gasteiger partial charge in [0.2, 0.25) is 5.78 Å². The molecule has 25 heavy (non-hydrogen) atoms. The van der Waals surface area contributed by atoms with Gasteiger partial charge in [0.05, 0.1) is 16.5 Å². The van der Waals surface area contributed by atoms with Crippen molar-refractivity contribution >= 4 is 34.2 Å². The average Bonchev–Trinajstić information content (AvgIpc) is 3.18. The molecule has 0 saturated heterocycles. The largest absolute Gasteiger partial charge is 0.395 e. The summed E-state index contributed by atoms with van der Waals surface area (Å²) in [6.45, 7) is 0.365. The molecule has 2 heterocycles. The second kappa shape index (κ2) is 6.95. The van der Waals surface area contributed by atoms with Gasteiger partial charge in [-0.1, -0.05) is 22.8 Å². The molecule has 3 rings (SSSR count). The van der Waals surface area contributed by atoms with E-state index in [1.54, 1.807) is 6.07 Å². The van der Waals surface area contributed by atoms with E-state index in [4.69, 9.17) is 16.4 Å². The van der Waals surface area contributed by atoms with E-state index in [1.807, 2.05) is 0 Å². The van der Waals surface area contributed by atoms with E-state index in [0.717, 1.165) is 0 Å². The molecule has 1 aromatic heterocycles. The number of aromatic nitrogens is 2. The van der Waals surface area contributed by atoms with Crippen molar-refractivity contribution in [3.63, 3.8) is 0 Å². The van der Waals surface area contributed by atoms with Gasteiger partial charge in [0.1, 0.15) is 12.2 Å². The minimum absolute atomic E-state index is 0.0431. The number of carbonyl (C=O) groups is 1. The lowest BCUT2D eigenvalue weighted by Crippen LogP contribution is -2.20. The molecule has 0 saturated carbocycles. The van der Waals surface area contributed by atoms with Crippen LogP contribution in [-0.4, -0.2) is 36.6 Å². The zero-order valence-corrected chi connectivity index (χ0v) is 14.7. The first-order valence-corrected chi connectivity index (χ1v) is 8.92. The van der Waals surface area contributed by atoms with Crippen LogP contribution in [0.3, 0.4) is 0 Å². The summed E-state index contributed by atoms with van der Waals surface area (Å²) < 4.78 is 21.6. The van der Waals surface area contributed by atoms with Crippen LogP contribution >= 0.6 is 11.6 Å². The number of benzene rings is 1. The molecule has 132 valence electrons. The number of nitrogens with zero attached hydrogens (tertiary/aromatic N) is 2. The summed E-state index contributed by atoms with van der Waals surface area (Å²) in [5.74, 6) is -0.696. The van der Waals surface area contributed by atoms with E-state index in [9.17, 15) is 18.4 Å². The standard InChI is InChI=1S/C15H14ClN3O5S/c1-19-15(21)10(6-17-19)14(20)9-3-2-8(7-25(22)23)12(13(9)16)11-4-5-24-18-11/h2-3,6,17H,4-5,7H2,1H3,(H,22,23). The number of halogens is 1. The number of hydrogen-bond donors (Lipinski definition) is 2. The molecule has 1 atom stereocenters. The molecule has 1 aromatic carbocycles. The second-order valence-corrected chi connectivity index (χ2v) is 6.74. The first kappa shape index (κ1) is 17.6. The molecule has 2 N–H and O–H groups in total. The molecule has 0 spiro atoms. The maximum Gasteiger partial charge on any atom is 0.277 e. The second-order valence-electron chi connectivity index (χ2n) is 5.43. The van der Waals surface area contributed by atoms with E-state index < -0.39 is 22.4 Å². The number of carbonyl (C=O) groups excluding carboxylic acids is 1. The Morgan fingerprint density at radius 3 is 2.80 bits per heavy atom. The Hall–Kier alpha value is -2.23. The summed E-state index contributed by atoms with van der Waals surface area (Å²) in [5.41, 5.74) is 0.994. The first-order valence-electron chi connectivity index (χ1n) is 7.27. The number of hydrogen-bond acceptors (Lipinski definition) is 5. The van der Waals surface area contributed by atoms with Crippen molar-refractivity contribution in [1.29, 1.82) is 0 Å². The first-order chi connectivity index (χ1) is 11.9. The van der Waals surface area contributed by atoms with Gasteiger partial charge in [0.25, 0.3) is 5.56 Å². The van der Waals surface area contributed by atoms with Crippen molar-refractivity contribution in [2.45, 2.75) is 12.2 Å². The Balaban J connectivity index is 2.14. The Labute approximate surface area is 149 Å². The lowest BCUT2D eigenvalue weighted by molar-refractivity contribution is 0.103. The molecule has 1 aliphatic heterocycles. The summed E-state index contributed by atoms with van der Waals surface area (Å²) in [5, 5.41) is 6.62. The fourth-order valence-electron chi connectivity index (χ4n) is 2.61. The Kier molecular flexibility index (Phi) is 4.89. The Bertz CT molecular complexity index is 963. The van der Waals surface area contributed by atoms with Gasteiger partial charge in [-0.15, -0.1) is 0 Å². The number of H-pyrrole nitrogens is 1. The van der Waals surface area contributed by atoms with Crippen LogP contribution in [0, 0.1) is 0 Å². The minimum Gasteiger partial charge on any atom is -0.395 e. The topological polar surface area (TPSA) is 114 Å². The van der Waals surface area contributed by atoms with Crippen molar-refractivity contribution in [3.8, 4) is 0 Å². The highest BCUT2D eigenvalue weighted by Gasteiger charge is 2.25. The van der Waals surface area contributed by atoms with Gasteiger partial charge in [-0.3, -0.25) is 14.3 Å². The van der Waals surface area contributed by atoms with Gasteiger partial charge in [-0.2, -0.15) is 0 Å². The quantitative estimate of drug-likeness (QED) is 0.599. The van der Waals surface area contributed by atoms with Crippen molar-refractivity contribution in [3.05, 3.63) is 56.0 Å². The van der Waals surface area contributed by atoms with Gasteiger partial charge < -0.3 is 14.5 Å². The van der Waals surface area contributed by atoms with E-state index in [1.165, 1.54) is 24.0 Å². The van der Waals surface area contributed by atoms with E-state index in [2.05, 4.69) is 10.3 Å². The summed E-state index contributed by atoms with van der Waals surface area (Å²) >= 11 is 4.34. The van der Waals surface area contributed by atoms with Crippen LogP contribution < -0.4 is 5.56 Å². The van der Waals surface area contributed by atoms with Gasteiger partial charge in [0.15, 0.2) is 11.1 Å². The van der Waals surface area contributed by atoms with Crippen LogP contribution in [0.2, 0.25) is 5.02 Å². The van der Waals surface area contributed by atoms with Crippen LogP contribution in [-0.2, 0) is 28.7 Å². The minimum atomic E-state index is -2.09. The number of rotatable bonds is 5. The molecular weight excluding hydrogens is 370 g/mol. The highest BCUT2D eigenvalue weighted by atomic mass is 35.5. The van der Waals surface area contributed by atoms with Crippen LogP contribution in [0.15, 0.2) is 28.3 Å². The fraction of sp³-hybridized carbons (Fsp3) is 0.267. The number of ketones is 1. The van der Waals surface area contributed by atoms with Crippen molar-refractivity contribution in [2.24, 2.45) is 12.2 Å². The van der Waals surface area contributed by atoms with Crippen LogP contribution in [0.4, 0.5) is 0 Å². The third-order valence-corrected chi connectivity index (χ3v) is 4.78. The summed E-state index contributed by atoms with van der Waals surface area (Å²) in [6, 6.07) is 2.99. The van der Waals surface area contributed by atoms with E-state index in [0.29, 0.717) is 29.9 Å². The lowest BCUT2D eigenvalue weighted by Gasteiger charge is -2.12. The molecule has 0 aliphatic carbocycles. The van der Waals surface area contributed by atoms with Gasteiger partial charge in [-0.25, -0.2) is 4.21 Å². The summed E-state index contributed by atoms with van der Waals surface area (Å²) in [4.78, 5) is 29.7. The number of oxime groups is 1. The lowest BCUT2D eigenvalue weighted by atomic mass is 9.96. The number of nitrogens with one attached hydrogen (secondary N) is 1. The third-order valence-electron chi connectivity index (χ3n) is 3.83. The molecule has 1 aliphatic rings. The van der Waals surface area contributed by atoms with Crippen LogP contribution in [0.1, 0.15) is 33.5 Å². The molecule has 1 unspecified atom stereocenters. The predicted molar refractivity (Wildman–Crippen MR) is 92.5 cm³/mol. The Morgan fingerprint density at radius 1 is 1.48 bits per heavy atom. The maximum atomic E-state index is 12.7. The monoisotopic (exact) mass is 383 g/mol. The third kappa shape index (κ3) is 3.30. The Morgan fingerprint density at radius 2 is 2.24 bits per heavy atom. The molecule has 8 nitrogen and oxygen atoms in total. The smallest absolute Gasteiger partial charge is 0.277 e. The zero-order chi connectivity index (χ0) is 18.1. The molecule has 0 radical (unpaired) electrons. The van der Waals surface area contributed by atoms with Crippen molar-refractivity contribution < 1.29 is 18.4 Å². The highest BCUT2D eigenvalue weighted by Crippen LogP contribution is 2.30. The fourth-order valence-corrected chi connectivity index (χ4v) is 3.49. The molecule has 0 fully saturated rings. The number of aromatic amines is 1. The van der Waals surface area contributed by atoms with Crippen LogP contribution in [0.25, 0.3) is 0 Å². The van der Waals surface area contributed by atoms with E-state index in [-0.39, 0.29) is 21.9 Å². The van der Waals surface area contributed by atoms with Crippen molar-refractivity contribution in [2.75, 3.05) is 6.61 Å². The van der Waals surface area contributed by atoms with E-state index >= 15 is 0 Å². The molecule has 0 amide bonds. The van der Waals surface area contributed by atoms with Gasteiger partial charge in [0, 0.05) is 30.8 Å². The normalized spacial score (nSPS) is 14.9. The predicted octanol–water partition coefficient (Wildman–Crippen LogP) is 1.44. The zero-order valence-electron chi connectivity index (χ0n) is 13.1. The summed E-state index contributed by atoms with van der Waals surface area (Å²) in [7, 11) is 1.50. The number of aryl methyl sites for hydroxylation is 1. The molecule has 0 bridgehead atoms. The average molecular weight is 384 g/mol. The molecular formula is C15H14ClN3O5S. The molecule has 2 aromatic rings. The van der Waals surface area contributed by atoms with Gasteiger partial charge >= 0.3 is 0 Å².